The van der Waals surface area contributed by atoms with Gasteiger partial charge in [0.1, 0.15) is 19.3 Å². The SMILES string of the molecule is C=Cc1ccc(COC2CC3OC=C(c4ccc5c(c4)OCCO5)C(=O)C3CC2CC)cc1. The van der Waals surface area contributed by atoms with Gasteiger partial charge in [0.15, 0.2) is 17.3 Å². The van der Waals surface area contributed by atoms with Gasteiger partial charge in [-0.25, -0.2) is 0 Å². The number of allylic oxidation sites excluding steroid dienone is 1. The summed E-state index contributed by atoms with van der Waals surface area (Å²) >= 11 is 0. The van der Waals surface area contributed by atoms with Crippen LogP contribution in [0.2, 0.25) is 0 Å². The van der Waals surface area contributed by atoms with Gasteiger partial charge in [-0.05, 0) is 41.2 Å². The Balaban J connectivity index is 1.29. The Morgan fingerprint density at radius 2 is 1.85 bits per heavy atom. The molecule has 3 aliphatic rings. The van der Waals surface area contributed by atoms with Crippen molar-refractivity contribution in [3.63, 3.8) is 0 Å². The second-order valence-electron chi connectivity index (χ2n) is 8.97. The fourth-order valence-corrected chi connectivity index (χ4v) is 5.06. The Kier molecular flexibility index (Phi) is 6.23. The Morgan fingerprint density at radius 3 is 2.61 bits per heavy atom. The summed E-state index contributed by atoms with van der Waals surface area (Å²) in [7, 11) is 0. The van der Waals surface area contributed by atoms with Gasteiger partial charge in [0, 0.05) is 6.42 Å². The topological polar surface area (TPSA) is 54.0 Å². The molecule has 0 radical (unpaired) electrons. The number of rotatable bonds is 6. The van der Waals surface area contributed by atoms with Crippen LogP contribution in [0.25, 0.3) is 11.6 Å². The molecule has 4 atom stereocenters. The average Bonchev–Trinajstić information content (AvgIpc) is 2.87. The maximum absolute atomic E-state index is 13.5. The molecule has 5 rings (SSSR count). The summed E-state index contributed by atoms with van der Waals surface area (Å²) in [5, 5.41) is 0. The summed E-state index contributed by atoms with van der Waals surface area (Å²) in [6.07, 6.45) is 5.88. The van der Waals surface area contributed by atoms with Gasteiger partial charge in [0.2, 0.25) is 0 Å². The minimum absolute atomic E-state index is 0.0763. The molecule has 5 nitrogen and oxygen atoms in total. The van der Waals surface area contributed by atoms with Gasteiger partial charge in [0.05, 0.1) is 30.5 Å². The quantitative estimate of drug-likeness (QED) is 0.592. The molecule has 1 saturated carbocycles. The number of ether oxygens (including phenoxy) is 4. The number of ketones is 1. The van der Waals surface area contributed by atoms with Gasteiger partial charge in [0.25, 0.3) is 0 Å². The zero-order valence-electron chi connectivity index (χ0n) is 19.0. The molecule has 33 heavy (non-hydrogen) atoms. The molecule has 0 saturated heterocycles. The first-order valence-electron chi connectivity index (χ1n) is 11.8. The van der Waals surface area contributed by atoms with E-state index in [0.717, 1.165) is 41.7 Å². The molecular weight excluding hydrogens is 416 g/mol. The van der Waals surface area contributed by atoms with Gasteiger partial charge < -0.3 is 18.9 Å². The number of fused-ring (bicyclic) bond motifs is 2. The Labute approximate surface area is 195 Å². The third-order valence-electron chi connectivity index (χ3n) is 7.02. The van der Waals surface area contributed by atoms with Crippen LogP contribution >= 0.6 is 0 Å². The number of Topliss-reactive ketones (excluding diaryl/α,β-unsaturated/α-hetero) is 1. The summed E-state index contributed by atoms with van der Waals surface area (Å²) in [6.45, 7) is 7.59. The Hall–Kier alpha value is -3.05. The lowest BCUT2D eigenvalue weighted by atomic mass is 9.72. The third-order valence-corrected chi connectivity index (χ3v) is 7.02. The van der Waals surface area contributed by atoms with Crippen molar-refractivity contribution >= 4 is 17.4 Å². The van der Waals surface area contributed by atoms with E-state index in [1.54, 1.807) is 6.26 Å². The zero-order valence-corrected chi connectivity index (χ0v) is 19.0. The lowest BCUT2D eigenvalue weighted by Gasteiger charge is -2.42. The van der Waals surface area contributed by atoms with Gasteiger partial charge in [-0.2, -0.15) is 0 Å². The van der Waals surface area contributed by atoms with Crippen LogP contribution in [0.4, 0.5) is 0 Å². The third kappa shape index (κ3) is 4.42. The number of benzene rings is 2. The van der Waals surface area contributed by atoms with Crippen LogP contribution in [-0.2, 0) is 20.9 Å². The van der Waals surface area contributed by atoms with Crippen LogP contribution < -0.4 is 9.47 Å². The number of hydrogen-bond donors (Lipinski definition) is 0. The van der Waals surface area contributed by atoms with Crippen molar-refractivity contribution in [2.75, 3.05) is 13.2 Å². The van der Waals surface area contributed by atoms with Crippen molar-refractivity contribution in [2.45, 2.75) is 45.0 Å². The molecule has 0 N–H and O–H groups in total. The first-order chi connectivity index (χ1) is 16.2. The summed E-state index contributed by atoms with van der Waals surface area (Å²) in [5.74, 6) is 1.73. The second kappa shape index (κ2) is 9.44. The highest BCUT2D eigenvalue weighted by atomic mass is 16.6. The number of carbonyl (C=O) groups is 1. The van der Waals surface area contributed by atoms with E-state index in [9.17, 15) is 4.79 Å². The maximum atomic E-state index is 13.5. The first kappa shape index (κ1) is 21.8. The molecule has 2 aliphatic heterocycles. The molecule has 0 amide bonds. The van der Waals surface area contributed by atoms with Crippen LogP contribution in [-0.4, -0.2) is 31.2 Å². The van der Waals surface area contributed by atoms with E-state index in [2.05, 4.69) is 25.6 Å². The summed E-state index contributed by atoms with van der Waals surface area (Å²) in [5.41, 5.74) is 3.67. The molecule has 0 aromatic heterocycles. The molecule has 5 heteroatoms. The monoisotopic (exact) mass is 446 g/mol. The highest BCUT2D eigenvalue weighted by molar-refractivity contribution is 6.22. The van der Waals surface area contributed by atoms with E-state index in [0.29, 0.717) is 37.1 Å². The van der Waals surface area contributed by atoms with Crippen molar-refractivity contribution < 1.29 is 23.7 Å². The fourth-order valence-electron chi connectivity index (χ4n) is 5.06. The van der Waals surface area contributed by atoms with Gasteiger partial charge in [-0.1, -0.05) is 56.3 Å². The number of hydrogen-bond acceptors (Lipinski definition) is 5. The molecule has 1 aliphatic carbocycles. The Morgan fingerprint density at radius 1 is 1.06 bits per heavy atom. The molecule has 1 fully saturated rings. The molecule has 172 valence electrons. The van der Waals surface area contributed by atoms with Crippen molar-refractivity contribution in [1.82, 2.24) is 0 Å². The smallest absolute Gasteiger partial charge is 0.173 e. The lowest BCUT2D eigenvalue weighted by molar-refractivity contribution is -0.133. The van der Waals surface area contributed by atoms with Crippen molar-refractivity contribution in [3.8, 4) is 11.5 Å². The van der Waals surface area contributed by atoms with Crippen molar-refractivity contribution in [1.29, 1.82) is 0 Å². The van der Waals surface area contributed by atoms with Crippen molar-refractivity contribution in [3.05, 3.63) is 72.0 Å². The molecular formula is C28H30O5. The van der Waals surface area contributed by atoms with E-state index in [-0.39, 0.29) is 23.9 Å². The van der Waals surface area contributed by atoms with Crippen LogP contribution in [0.5, 0.6) is 11.5 Å². The normalized spacial score (nSPS) is 26.1. The highest BCUT2D eigenvalue weighted by Gasteiger charge is 2.44. The average molecular weight is 447 g/mol. The molecule has 2 aromatic rings. The van der Waals surface area contributed by atoms with Gasteiger partial charge >= 0.3 is 0 Å². The van der Waals surface area contributed by atoms with Crippen molar-refractivity contribution in [2.24, 2.45) is 11.8 Å². The Bertz CT molecular complexity index is 1050. The number of carbonyl (C=O) groups excluding carboxylic acids is 1. The predicted molar refractivity (Wildman–Crippen MR) is 127 cm³/mol. The molecule has 2 aromatic carbocycles. The predicted octanol–water partition coefficient (Wildman–Crippen LogP) is 5.43. The zero-order chi connectivity index (χ0) is 22.8. The molecule has 0 bridgehead atoms. The van der Waals surface area contributed by atoms with Gasteiger partial charge in [-0.3, -0.25) is 4.79 Å². The minimum Gasteiger partial charge on any atom is -0.496 e. The standard InChI is InChI=1S/C28H30O5/c1-3-18-5-7-19(8-6-18)16-32-25-15-26-22(13-20(25)4-2)28(29)23(17-33-26)21-9-10-24-27(14-21)31-12-11-30-24/h3,5-10,14,17,20,22,25-26H,1,4,11-13,15-16H2,2H3. The van der Waals surface area contributed by atoms with Crippen LogP contribution in [0.3, 0.4) is 0 Å². The maximum Gasteiger partial charge on any atom is 0.173 e. The minimum atomic E-state index is -0.144. The highest BCUT2D eigenvalue weighted by Crippen LogP contribution is 2.42. The second-order valence-corrected chi connectivity index (χ2v) is 8.97. The van der Waals surface area contributed by atoms with E-state index in [1.165, 1.54) is 0 Å². The molecule has 0 spiro atoms. The molecule has 4 unspecified atom stereocenters. The summed E-state index contributed by atoms with van der Waals surface area (Å²) in [4.78, 5) is 13.5. The largest absolute Gasteiger partial charge is 0.496 e. The van der Waals surface area contributed by atoms with Gasteiger partial charge in [-0.15, -0.1) is 0 Å². The first-order valence-corrected chi connectivity index (χ1v) is 11.8. The van der Waals surface area contributed by atoms with Crippen LogP contribution in [0, 0.1) is 11.8 Å². The fraction of sp³-hybridized carbons (Fsp3) is 0.393. The van der Waals surface area contributed by atoms with E-state index >= 15 is 0 Å². The summed E-state index contributed by atoms with van der Waals surface area (Å²) < 4.78 is 23.8. The lowest BCUT2D eigenvalue weighted by Crippen LogP contribution is -2.45. The van der Waals surface area contributed by atoms with Crippen LogP contribution in [0.1, 0.15) is 42.9 Å². The van der Waals surface area contributed by atoms with E-state index < -0.39 is 0 Å². The summed E-state index contributed by atoms with van der Waals surface area (Å²) in [6, 6.07) is 13.9. The van der Waals surface area contributed by atoms with E-state index in [4.69, 9.17) is 18.9 Å². The van der Waals surface area contributed by atoms with Crippen LogP contribution in [0.15, 0.2) is 55.3 Å². The molecule has 2 heterocycles. The van der Waals surface area contributed by atoms with E-state index in [1.807, 2.05) is 36.4 Å².